The van der Waals surface area contributed by atoms with Crippen molar-refractivity contribution in [2.75, 3.05) is 16.8 Å². The van der Waals surface area contributed by atoms with Gasteiger partial charge in [0.15, 0.2) is 0 Å². The van der Waals surface area contributed by atoms with E-state index in [0.717, 1.165) is 36.2 Å². The quantitative estimate of drug-likeness (QED) is 0.873. The summed E-state index contributed by atoms with van der Waals surface area (Å²) < 4.78 is 40.2. The first-order valence-corrected chi connectivity index (χ1v) is 7.45. The van der Waals surface area contributed by atoms with Gasteiger partial charge in [0.1, 0.15) is 5.75 Å². The summed E-state index contributed by atoms with van der Waals surface area (Å²) in [6, 6.07) is 12.4. The van der Waals surface area contributed by atoms with Crippen molar-refractivity contribution in [3.63, 3.8) is 0 Å². The number of halogens is 3. The van der Waals surface area contributed by atoms with Crippen LogP contribution in [0.25, 0.3) is 0 Å². The summed E-state index contributed by atoms with van der Waals surface area (Å²) in [6.45, 7) is 0.595. The molecule has 3 rings (SSSR count). The second-order valence-electron chi connectivity index (χ2n) is 5.39. The molecular weight excluding hydrogens is 321 g/mol. The van der Waals surface area contributed by atoms with Crippen LogP contribution in [0.15, 0.2) is 48.5 Å². The van der Waals surface area contributed by atoms with E-state index in [4.69, 9.17) is 0 Å². The Morgan fingerprint density at radius 1 is 1.08 bits per heavy atom. The van der Waals surface area contributed by atoms with Crippen molar-refractivity contribution in [1.29, 1.82) is 0 Å². The Morgan fingerprint density at radius 2 is 1.79 bits per heavy atom. The first kappa shape index (κ1) is 16.2. The topological polar surface area (TPSA) is 41.6 Å². The van der Waals surface area contributed by atoms with Crippen LogP contribution in [0.5, 0.6) is 5.75 Å². The number of amides is 2. The molecule has 0 fully saturated rings. The number of fused-ring (bicyclic) bond motifs is 1. The third-order valence-corrected chi connectivity index (χ3v) is 3.69. The van der Waals surface area contributed by atoms with E-state index in [1.54, 1.807) is 4.90 Å². The van der Waals surface area contributed by atoms with Gasteiger partial charge in [0.2, 0.25) is 0 Å². The molecule has 0 unspecified atom stereocenters. The predicted molar refractivity (Wildman–Crippen MR) is 84.3 cm³/mol. The lowest BCUT2D eigenvalue weighted by Crippen LogP contribution is -2.38. The van der Waals surface area contributed by atoms with Crippen molar-refractivity contribution in [2.45, 2.75) is 19.2 Å². The van der Waals surface area contributed by atoms with Crippen LogP contribution in [-0.2, 0) is 6.42 Å². The zero-order valence-electron chi connectivity index (χ0n) is 12.6. The minimum Gasteiger partial charge on any atom is -0.406 e. The van der Waals surface area contributed by atoms with Crippen LogP contribution in [0.4, 0.5) is 29.3 Å². The van der Waals surface area contributed by atoms with E-state index in [-0.39, 0.29) is 11.8 Å². The van der Waals surface area contributed by atoms with E-state index in [2.05, 4.69) is 10.1 Å². The molecule has 0 atom stereocenters. The van der Waals surface area contributed by atoms with Gasteiger partial charge in [-0.25, -0.2) is 4.79 Å². The molecule has 1 N–H and O–H groups in total. The third kappa shape index (κ3) is 3.79. The van der Waals surface area contributed by atoms with Gasteiger partial charge in [0, 0.05) is 17.9 Å². The van der Waals surface area contributed by atoms with Crippen LogP contribution in [0.1, 0.15) is 12.0 Å². The highest BCUT2D eigenvalue weighted by atomic mass is 19.4. The Morgan fingerprint density at radius 3 is 2.50 bits per heavy atom. The van der Waals surface area contributed by atoms with Crippen molar-refractivity contribution in [3.8, 4) is 5.75 Å². The number of urea groups is 1. The smallest absolute Gasteiger partial charge is 0.406 e. The maximum Gasteiger partial charge on any atom is 0.573 e. The van der Waals surface area contributed by atoms with Gasteiger partial charge in [-0.05, 0) is 48.7 Å². The van der Waals surface area contributed by atoms with Gasteiger partial charge in [0.25, 0.3) is 0 Å². The van der Waals surface area contributed by atoms with E-state index >= 15 is 0 Å². The fourth-order valence-electron chi connectivity index (χ4n) is 2.68. The molecule has 2 amide bonds. The second kappa shape index (κ2) is 6.43. The molecule has 1 aliphatic heterocycles. The number of carbonyl (C=O) groups excluding carboxylic acids is 1. The molecule has 0 aliphatic carbocycles. The fraction of sp³-hybridized carbons (Fsp3) is 0.235. The number of aryl methyl sites for hydroxylation is 1. The van der Waals surface area contributed by atoms with Crippen molar-refractivity contribution >= 4 is 17.4 Å². The highest BCUT2D eigenvalue weighted by Crippen LogP contribution is 2.28. The number of benzene rings is 2. The highest BCUT2D eigenvalue weighted by molar-refractivity contribution is 6.02. The highest BCUT2D eigenvalue weighted by Gasteiger charge is 2.31. The molecule has 0 spiro atoms. The zero-order chi connectivity index (χ0) is 17.2. The molecule has 0 aromatic heterocycles. The SMILES string of the molecule is O=C(Nc1ccc(OC(F)(F)F)cc1)N1CCCc2ccccc21. The van der Waals surface area contributed by atoms with Crippen LogP contribution < -0.4 is 15.0 Å². The molecule has 2 aromatic carbocycles. The summed E-state index contributed by atoms with van der Waals surface area (Å²) in [5.41, 5.74) is 2.36. The monoisotopic (exact) mass is 336 g/mol. The number of rotatable bonds is 2. The van der Waals surface area contributed by atoms with Gasteiger partial charge in [-0.15, -0.1) is 13.2 Å². The van der Waals surface area contributed by atoms with Crippen LogP contribution in [-0.4, -0.2) is 18.9 Å². The molecule has 0 saturated carbocycles. The number of anilines is 2. The molecule has 7 heteroatoms. The average Bonchev–Trinajstić information content (AvgIpc) is 2.55. The molecule has 0 bridgehead atoms. The van der Waals surface area contributed by atoms with E-state index in [0.29, 0.717) is 12.2 Å². The van der Waals surface area contributed by atoms with Crippen LogP contribution >= 0.6 is 0 Å². The maximum atomic E-state index is 12.4. The molecule has 126 valence electrons. The standard InChI is InChI=1S/C17H15F3N2O2/c18-17(19,20)24-14-9-7-13(8-10-14)21-16(23)22-11-3-5-12-4-1-2-6-15(12)22/h1-2,4,6-10H,3,5,11H2,(H,21,23). The number of nitrogens with zero attached hydrogens (tertiary/aromatic N) is 1. The fourth-order valence-corrected chi connectivity index (χ4v) is 2.68. The number of ether oxygens (including phenoxy) is 1. The summed E-state index contributed by atoms with van der Waals surface area (Å²) in [5.74, 6) is -0.330. The summed E-state index contributed by atoms with van der Waals surface area (Å²) in [7, 11) is 0. The molecule has 0 saturated heterocycles. The number of para-hydroxylation sites is 1. The van der Waals surface area contributed by atoms with Gasteiger partial charge < -0.3 is 10.1 Å². The Labute approximate surface area is 136 Å². The Kier molecular flexibility index (Phi) is 4.33. The summed E-state index contributed by atoms with van der Waals surface area (Å²) >= 11 is 0. The molecule has 0 radical (unpaired) electrons. The number of hydrogen-bond acceptors (Lipinski definition) is 2. The largest absolute Gasteiger partial charge is 0.573 e. The molecule has 1 aliphatic rings. The average molecular weight is 336 g/mol. The lowest BCUT2D eigenvalue weighted by atomic mass is 10.0. The van der Waals surface area contributed by atoms with Crippen molar-refractivity contribution in [3.05, 3.63) is 54.1 Å². The lowest BCUT2D eigenvalue weighted by molar-refractivity contribution is -0.274. The minimum atomic E-state index is -4.73. The third-order valence-electron chi connectivity index (χ3n) is 3.69. The maximum absolute atomic E-state index is 12.4. The second-order valence-corrected chi connectivity index (χ2v) is 5.39. The number of nitrogens with one attached hydrogen (secondary N) is 1. The van der Waals surface area contributed by atoms with E-state index in [9.17, 15) is 18.0 Å². The normalized spacial score (nSPS) is 14.0. The van der Waals surface area contributed by atoms with E-state index in [1.165, 1.54) is 12.1 Å². The van der Waals surface area contributed by atoms with Gasteiger partial charge in [-0.1, -0.05) is 18.2 Å². The first-order chi connectivity index (χ1) is 11.4. The first-order valence-electron chi connectivity index (χ1n) is 7.45. The molecule has 1 heterocycles. The number of alkyl halides is 3. The predicted octanol–water partition coefficient (Wildman–Crippen LogP) is 4.57. The zero-order valence-corrected chi connectivity index (χ0v) is 12.6. The number of hydrogen-bond donors (Lipinski definition) is 1. The van der Waals surface area contributed by atoms with Gasteiger partial charge in [-0.2, -0.15) is 0 Å². The minimum absolute atomic E-state index is 0.313. The van der Waals surface area contributed by atoms with Crippen molar-refractivity contribution in [1.82, 2.24) is 0 Å². The van der Waals surface area contributed by atoms with Gasteiger partial charge in [-0.3, -0.25) is 4.90 Å². The van der Waals surface area contributed by atoms with Crippen molar-refractivity contribution < 1.29 is 22.7 Å². The van der Waals surface area contributed by atoms with Crippen LogP contribution in [0, 0.1) is 0 Å². The summed E-state index contributed by atoms with van der Waals surface area (Å²) in [5, 5.41) is 2.69. The van der Waals surface area contributed by atoms with Crippen LogP contribution in [0.2, 0.25) is 0 Å². The van der Waals surface area contributed by atoms with E-state index < -0.39 is 6.36 Å². The van der Waals surface area contributed by atoms with Crippen molar-refractivity contribution in [2.24, 2.45) is 0 Å². The van der Waals surface area contributed by atoms with E-state index in [1.807, 2.05) is 24.3 Å². The molecule has 24 heavy (non-hydrogen) atoms. The van der Waals surface area contributed by atoms with Crippen LogP contribution in [0.3, 0.4) is 0 Å². The summed E-state index contributed by atoms with van der Waals surface area (Å²) in [4.78, 5) is 14.1. The Balaban J connectivity index is 1.70. The van der Waals surface area contributed by atoms with Gasteiger partial charge >= 0.3 is 12.4 Å². The Hall–Kier alpha value is -2.70. The molecule has 2 aromatic rings. The Bertz CT molecular complexity index is 729. The summed E-state index contributed by atoms with van der Waals surface area (Å²) in [6.07, 6.45) is -2.95. The number of carbonyl (C=O) groups is 1. The lowest BCUT2D eigenvalue weighted by Gasteiger charge is -2.29. The molecule has 4 nitrogen and oxygen atoms in total. The molecular formula is C17H15F3N2O2. The van der Waals surface area contributed by atoms with Gasteiger partial charge in [0.05, 0.1) is 0 Å².